The predicted octanol–water partition coefficient (Wildman–Crippen LogP) is 3.22. The van der Waals surface area contributed by atoms with Gasteiger partial charge in [0, 0.05) is 30.6 Å². The highest BCUT2D eigenvalue weighted by Gasteiger charge is 2.40. The molecule has 23 heavy (non-hydrogen) atoms. The number of likely N-dealkylation sites (tertiary alicyclic amines) is 1. The van der Waals surface area contributed by atoms with Gasteiger partial charge in [0.25, 0.3) is 0 Å². The number of rotatable bonds is 6. The summed E-state index contributed by atoms with van der Waals surface area (Å²) in [5, 5.41) is 10.5. The Morgan fingerprint density at radius 2 is 2.13 bits per heavy atom. The van der Waals surface area contributed by atoms with Crippen LogP contribution in [0.2, 0.25) is 0 Å². The fourth-order valence-corrected chi connectivity index (χ4v) is 3.98. The molecule has 1 aromatic heterocycles. The highest BCUT2D eigenvalue weighted by atomic mass is 32.1. The first kappa shape index (κ1) is 16.1. The van der Waals surface area contributed by atoms with E-state index in [1.54, 1.807) is 11.3 Å². The van der Waals surface area contributed by atoms with E-state index in [0.717, 1.165) is 37.4 Å². The largest absolute Gasteiger partial charge is 0.481 e. The maximum absolute atomic E-state index is 11.3. The third kappa shape index (κ3) is 3.98. The summed E-state index contributed by atoms with van der Waals surface area (Å²) in [6.07, 6.45) is 4.64. The van der Waals surface area contributed by atoms with Crippen molar-refractivity contribution in [2.45, 2.75) is 32.7 Å². The van der Waals surface area contributed by atoms with Gasteiger partial charge in [0.05, 0.1) is 10.4 Å². The minimum Gasteiger partial charge on any atom is -0.481 e. The molecule has 0 radical (unpaired) electrons. The molecule has 122 valence electrons. The van der Waals surface area contributed by atoms with Gasteiger partial charge in [0.2, 0.25) is 0 Å². The Morgan fingerprint density at radius 1 is 1.35 bits per heavy atom. The minimum absolute atomic E-state index is 0.596. The summed E-state index contributed by atoms with van der Waals surface area (Å²) in [6, 6.07) is 10.5. The number of thiazole rings is 1. The highest BCUT2D eigenvalue weighted by molar-refractivity contribution is 7.11. The Morgan fingerprint density at radius 3 is 2.83 bits per heavy atom. The molecule has 1 N–H and O–H groups in total. The summed E-state index contributed by atoms with van der Waals surface area (Å²) < 4.78 is 0. The average Bonchev–Trinajstić information content (AvgIpc) is 3.14. The molecule has 1 fully saturated rings. The zero-order chi connectivity index (χ0) is 16.3. The monoisotopic (exact) mass is 330 g/mol. The number of hydrogen-bond donors (Lipinski definition) is 1. The summed E-state index contributed by atoms with van der Waals surface area (Å²) in [5.74, 6) is -0.687. The second kappa shape index (κ2) is 6.81. The second-order valence-corrected chi connectivity index (χ2v) is 7.73. The molecule has 4 nitrogen and oxygen atoms in total. The van der Waals surface area contributed by atoms with E-state index >= 15 is 0 Å². The molecular formula is C18H22N2O2S. The Kier molecular flexibility index (Phi) is 4.78. The summed E-state index contributed by atoms with van der Waals surface area (Å²) in [4.78, 5) is 19.3. The quantitative estimate of drug-likeness (QED) is 0.883. The van der Waals surface area contributed by atoms with Crippen molar-refractivity contribution in [2.75, 3.05) is 13.1 Å². The van der Waals surface area contributed by atoms with Gasteiger partial charge in [-0.05, 0) is 31.9 Å². The van der Waals surface area contributed by atoms with E-state index in [0.29, 0.717) is 6.54 Å². The number of carboxylic acid groups (broad SMARTS) is 1. The van der Waals surface area contributed by atoms with E-state index in [4.69, 9.17) is 0 Å². The third-order valence-corrected chi connectivity index (χ3v) is 5.56. The van der Waals surface area contributed by atoms with Crippen molar-refractivity contribution < 1.29 is 9.90 Å². The van der Waals surface area contributed by atoms with Crippen molar-refractivity contribution in [1.82, 2.24) is 9.88 Å². The molecule has 1 aliphatic heterocycles. The Hall–Kier alpha value is -1.72. The van der Waals surface area contributed by atoms with E-state index in [1.807, 2.05) is 19.2 Å². The van der Waals surface area contributed by atoms with Crippen molar-refractivity contribution in [1.29, 1.82) is 0 Å². The van der Waals surface area contributed by atoms with Gasteiger partial charge in [-0.15, -0.1) is 11.3 Å². The van der Waals surface area contributed by atoms with Crippen LogP contribution >= 0.6 is 11.3 Å². The molecule has 3 rings (SSSR count). The molecule has 0 amide bonds. The molecule has 5 heteroatoms. The molecule has 0 saturated carbocycles. The molecule has 1 aromatic carbocycles. The van der Waals surface area contributed by atoms with Crippen LogP contribution in [0, 0.1) is 5.41 Å². The van der Waals surface area contributed by atoms with Gasteiger partial charge >= 0.3 is 5.97 Å². The van der Waals surface area contributed by atoms with Crippen LogP contribution in [-0.4, -0.2) is 34.0 Å². The molecule has 2 heterocycles. The van der Waals surface area contributed by atoms with Crippen molar-refractivity contribution in [2.24, 2.45) is 5.41 Å². The third-order valence-electron chi connectivity index (χ3n) is 4.52. The number of carbonyl (C=O) groups is 1. The van der Waals surface area contributed by atoms with Crippen LogP contribution in [0.3, 0.4) is 0 Å². The van der Waals surface area contributed by atoms with Crippen LogP contribution in [0.15, 0.2) is 36.5 Å². The van der Waals surface area contributed by atoms with Gasteiger partial charge in [-0.3, -0.25) is 9.69 Å². The lowest BCUT2D eigenvalue weighted by molar-refractivity contribution is -0.147. The fourth-order valence-electron chi connectivity index (χ4n) is 3.02. The maximum Gasteiger partial charge on any atom is 0.310 e. The summed E-state index contributed by atoms with van der Waals surface area (Å²) >= 11 is 1.75. The number of aliphatic carboxylic acids is 1. The van der Waals surface area contributed by atoms with Gasteiger partial charge in [0.15, 0.2) is 0 Å². The number of aromatic nitrogens is 1. The molecule has 1 saturated heterocycles. The van der Waals surface area contributed by atoms with Crippen LogP contribution in [-0.2, 0) is 24.2 Å². The lowest BCUT2D eigenvalue weighted by Crippen LogP contribution is -2.31. The first-order valence-corrected chi connectivity index (χ1v) is 8.80. The van der Waals surface area contributed by atoms with Crippen molar-refractivity contribution in [3.05, 3.63) is 52.0 Å². The van der Waals surface area contributed by atoms with Gasteiger partial charge in [0.1, 0.15) is 0 Å². The zero-order valence-corrected chi connectivity index (χ0v) is 14.2. The van der Waals surface area contributed by atoms with Gasteiger partial charge in [-0.2, -0.15) is 0 Å². The summed E-state index contributed by atoms with van der Waals surface area (Å²) in [5.41, 5.74) is 0.738. The SMILES string of the molecule is CC1(C(=O)O)CCN(Cc2cnc(CCc3ccccc3)s2)C1. The number of carboxylic acids is 1. The van der Waals surface area contributed by atoms with E-state index in [-0.39, 0.29) is 0 Å². The van der Waals surface area contributed by atoms with E-state index < -0.39 is 11.4 Å². The summed E-state index contributed by atoms with van der Waals surface area (Å²) in [7, 11) is 0. The maximum atomic E-state index is 11.3. The number of hydrogen-bond acceptors (Lipinski definition) is 4. The predicted molar refractivity (Wildman–Crippen MR) is 91.6 cm³/mol. The topological polar surface area (TPSA) is 53.4 Å². The summed E-state index contributed by atoms with van der Waals surface area (Å²) in [6.45, 7) is 4.12. The van der Waals surface area contributed by atoms with E-state index in [2.05, 4.69) is 34.1 Å². The fraction of sp³-hybridized carbons (Fsp3) is 0.444. The lowest BCUT2D eigenvalue weighted by atomic mass is 9.90. The van der Waals surface area contributed by atoms with Gasteiger partial charge in [-0.1, -0.05) is 30.3 Å². The molecule has 0 spiro atoms. The van der Waals surface area contributed by atoms with Crippen LogP contribution in [0.5, 0.6) is 0 Å². The van der Waals surface area contributed by atoms with Gasteiger partial charge in [-0.25, -0.2) is 4.98 Å². The number of aryl methyl sites for hydroxylation is 2. The molecule has 1 aliphatic rings. The highest BCUT2D eigenvalue weighted by Crippen LogP contribution is 2.31. The average molecular weight is 330 g/mol. The first-order valence-electron chi connectivity index (χ1n) is 7.98. The number of nitrogens with zero attached hydrogens (tertiary/aromatic N) is 2. The van der Waals surface area contributed by atoms with E-state index in [9.17, 15) is 9.90 Å². The van der Waals surface area contributed by atoms with Crippen LogP contribution < -0.4 is 0 Å². The normalized spacial score (nSPS) is 21.6. The van der Waals surface area contributed by atoms with E-state index in [1.165, 1.54) is 10.4 Å². The molecule has 1 atom stereocenters. The molecular weight excluding hydrogens is 308 g/mol. The van der Waals surface area contributed by atoms with Crippen LogP contribution in [0.25, 0.3) is 0 Å². The second-order valence-electron chi connectivity index (χ2n) is 6.53. The Bertz CT molecular complexity index is 671. The molecule has 1 unspecified atom stereocenters. The molecule has 0 aliphatic carbocycles. The smallest absolute Gasteiger partial charge is 0.310 e. The Labute approximate surface area is 140 Å². The van der Waals surface area contributed by atoms with Crippen LogP contribution in [0.4, 0.5) is 0 Å². The lowest BCUT2D eigenvalue weighted by Gasteiger charge is -2.19. The molecule has 2 aromatic rings. The number of benzene rings is 1. The van der Waals surface area contributed by atoms with Crippen LogP contribution in [0.1, 0.15) is 28.8 Å². The molecule has 0 bridgehead atoms. The van der Waals surface area contributed by atoms with Crippen molar-refractivity contribution >= 4 is 17.3 Å². The van der Waals surface area contributed by atoms with Crippen molar-refractivity contribution in [3.8, 4) is 0 Å². The van der Waals surface area contributed by atoms with Crippen molar-refractivity contribution in [3.63, 3.8) is 0 Å². The first-order chi connectivity index (χ1) is 11.0. The zero-order valence-electron chi connectivity index (χ0n) is 13.4. The Balaban J connectivity index is 1.53. The standard InChI is InChI=1S/C18H22N2O2S/c1-18(17(21)22)9-10-20(13-18)12-15-11-19-16(23-15)8-7-14-5-3-2-4-6-14/h2-6,11H,7-10,12-13H2,1H3,(H,21,22). The minimum atomic E-state index is -0.687. The van der Waals surface area contributed by atoms with Gasteiger partial charge < -0.3 is 5.11 Å².